The van der Waals surface area contributed by atoms with E-state index in [1.807, 2.05) is 25.1 Å². The molecule has 1 N–H and O–H groups in total. The third kappa shape index (κ3) is 3.26. The Hall–Kier alpha value is -1.02. The molecule has 0 heterocycles. The molecule has 1 aromatic carbocycles. The Morgan fingerprint density at radius 2 is 2.11 bits per heavy atom. The molecule has 0 saturated heterocycles. The van der Waals surface area contributed by atoms with Gasteiger partial charge in [-0.25, -0.2) is 0 Å². The lowest BCUT2D eigenvalue weighted by Crippen LogP contribution is -2.24. The molecular formula is C16H24O2. The third-order valence-electron chi connectivity index (χ3n) is 3.86. The van der Waals surface area contributed by atoms with Crippen LogP contribution in [0.4, 0.5) is 0 Å². The summed E-state index contributed by atoms with van der Waals surface area (Å²) in [6.07, 6.45) is 4.90. The van der Waals surface area contributed by atoms with E-state index in [0.29, 0.717) is 6.10 Å². The molecule has 0 aliphatic heterocycles. The Bertz CT molecular complexity index is 398. The van der Waals surface area contributed by atoms with Crippen molar-refractivity contribution < 1.29 is 9.84 Å². The van der Waals surface area contributed by atoms with Gasteiger partial charge in [-0.05, 0) is 62.3 Å². The van der Waals surface area contributed by atoms with Crippen LogP contribution in [-0.4, -0.2) is 11.2 Å². The van der Waals surface area contributed by atoms with E-state index in [1.54, 1.807) is 6.92 Å². The molecule has 0 spiro atoms. The second-order valence-electron chi connectivity index (χ2n) is 5.71. The monoisotopic (exact) mass is 248 g/mol. The fourth-order valence-corrected chi connectivity index (χ4v) is 2.73. The normalized spacial score (nSPS) is 25.8. The highest BCUT2D eigenvalue weighted by molar-refractivity contribution is 5.37. The fourth-order valence-electron chi connectivity index (χ4n) is 2.73. The number of aliphatic hydroxyl groups excluding tert-OH is 1. The van der Waals surface area contributed by atoms with Crippen LogP contribution in [0.2, 0.25) is 0 Å². The minimum Gasteiger partial charge on any atom is -0.490 e. The molecule has 2 heteroatoms. The zero-order chi connectivity index (χ0) is 13.1. The van der Waals surface area contributed by atoms with Crippen LogP contribution in [-0.2, 0) is 0 Å². The lowest BCUT2D eigenvalue weighted by Gasteiger charge is -2.28. The molecule has 0 aromatic heterocycles. The van der Waals surface area contributed by atoms with E-state index in [4.69, 9.17) is 4.74 Å². The molecule has 1 aromatic rings. The van der Waals surface area contributed by atoms with E-state index in [2.05, 4.69) is 6.92 Å². The lowest BCUT2D eigenvalue weighted by molar-refractivity contribution is 0.128. The van der Waals surface area contributed by atoms with E-state index in [1.165, 1.54) is 19.3 Å². The number of aliphatic hydroxyl groups is 1. The van der Waals surface area contributed by atoms with Crippen LogP contribution in [0.25, 0.3) is 0 Å². The summed E-state index contributed by atoms with van der Waals surface area (Å²) in [6.45, 7) is 6.14. The van der Waals surface area contributed by atoms with Crippen LogP contribution in [0.1, 0.15) is 56.8 Å². The van der Waals surface area contributed by atoms with E-state index in [-0.39, 0.29) is 0 Å². The molecule has 0 bridgehead atoms. The van der Waals surface area contributed by atoms with E-state index in [9.17, 15) is 5.11 Å². The van der Waals surface area contributed by atoms with Crippen molar-refractivity contribution in [2.75, 3.05) is 0 Å². The second kappa shape index (κ2) is 5.75. The zero-order valence-electron chi connectivity index (χ0n) is 11.6. The Morgan fingerprint density at radius 1 is 1.33 bits per heavy atom. The summed E-state index contributed by atoms with van der Waals surface area (Å²) in [5.41, 5.74) is 2.07. The minimum absolute atomic E-state index is 0.366. The van der Waals surface area contributed by atoms with Crippen LogP contribution in [0.5, 0.6) is 5.75 Å². The number of hydrogen-bond donors (Lipinski definition) is 1. The maximum atomic E-state index is 9.55. The maximum Gasteiger partial charge on any atom is 0.122 e. The van der Waals surface area contributed by atoms with Crippen molar-refractivity contribution in [3.05, 3.63) is 29.3 Å². The molecule has 1 aliphatic carbocycles. The summed E-state index contributed by atoms with van der Waals surface area (Å²) in [5.74, 6) is 1.75. The van der Waals surface area contributed by atoms with Gasteiger partial charge in [-0.3, -0.25) is 0 Å². The Balaban J connectivity index is 2.05. The van der Waals surface area contributed by atoms with Crippen molar-refractivity contribution in [1.29, 1.82) is 0 Å². The Kier molecular flexibility index (Phi) is 4.28. The smallest absolute Gasteiger partial charge is 0.122 e. The van der Waals surface area contributed by atoms with Gasteiger partial charge < -0.3 is 9.84 Å². The highest BCUT2D eigenvalue weighted by Crippen LogP contribution is 2.29. The summed E-state index contributed by atoms with van der Waals surface area (Å²) >= 11 is 0. The van der Waals surface area contributed by atoms with Crippen LogP contribution in [0.15, 0.2) is 18.2 Å². The topological polar surface area (TPSA) is 29.5 Å². The number of aryl methyl sites for hydroxylation is 1. The average molecular weight is 248 g/mol. The first-order valence-electron chi connectivity index (χ1n) is 7.01. The van der Waals surface area contributed by atoms with Gasteiger partial charge >= 0.3 is 0 Å². The van der Waals surface area contributed by atoms with Gasteiger partial charge in [0.1, 0.15) is 5.75 Å². The average Bonchev–Trinajstić information content (AvgIpc) is 2.31. The standard InChI is InChI=1S/C16H24O2/c1-11-5-4-6-15(9-11)18-16-8-7-14(13(3)17)10-12(16)2/h7-8,10-11,13,15,17H,4-6,9H2,1-3H3/t11?,13-,15?/m1/s1. The molecule has 1 saturated carbocycles. The second-order valence-corrected chi connectivity index (χ2v) is 5.71. The highest BCUT2D eigenvalue weighted by Gasteiger charge is 2.20. The molecule has 2 nitrogen and oxygen atoms in total. The Labute approximate surface area is 110 Å². The van der Waals surface area contributed by atoms with E-state index in [0.717, 1.165) is 29.2 Å². The van der Waals surface area contributed by atoms with Crippen LogP contribution < -0.4 is 4.74 Å². The van der Waals surface area contributed by atoms with Crippen molar-refractivity contribution in [3.8, 4) is 5.75 Å². The van der Waals surface area contributed by atoms with Crippen molar-refractivity contribution in [2.45, 2.75) is 58.7 Å². The number of ether oxygens (including phenoxy) is 1. The number of hydrogen-bond acceptors (Lipinski definition) is 2. The first kappa shape index (κ1) is 13.4. The molecule has 0 amide bonds. The zero-order valence-corrected chi connectivity index (χ0v) is 11.6. The van der Waals surface area contributed by atoms with Crippen LogP contribution in [0.3, 0.4) is 0 Å². The highest BCUT2D eigenvalue weighted by atomic mass is 16.5. The Morgan fingerprint density at radius 3 is 2.72 bits per heavy atom. The number of rotatable bonds is 3. The van der Waals surface area contributed by atoms with Gasteiger partial charge in [-0.15, -0.1) is 0 Å². The minimum atomic E-state index is -0.410. The van der Waals surface area contributed by atoms with E-state index < -0.39 is 6.10 Å². The largest absolute Gasteiger partial charge is 0.490 e. The van der Waals surface area contributed by atoms with Gasteiger partial charge in [0.25, 0.3) is 0 Å². The first-order chi connectivity index (χ1) is 8.56. The third-order valence-corrected chi connectivity index (χ3v) is 3.86. The summed E-state index contributed by atoms with van der Waals surface area (Å²) in [4.78, 5) is 0. The van der Waals surface area contributed by atoms with E-state index >= 15 is 0 Å². The first-order valence-corrected chi connectivity index (χ1v) is 7.01. The fraction of sp³-hybridized carbons (Fsp3) is 0.625. The predicted octanol–water partition coefficient (Wildman–Crippen LogP) is 4.01. The van der Waals surface area contributed by atoms with Crippen molar-refractivity contribution in [3.63, 3.8) is 0 Å². The molecule has 3 atom stereocenters. The van der Waals surface area contributed by atoms with Gasteiger partial charge in [0.2, 0.25) is 0 Å². The summed E-state index contributed by atoms with van der Waals surface area (Å²) in [5, 5.41) is 9.55. The quantitative estimate of drug-likeness (QED) is 0.876. The van der Waals surface area contributed by atoms with Crippen molar-refractivity contribution in [2.24, 2.45) is 5.92 Å². The molecular weight excluding hydrogens is 224 g/mol. The summed E-state index contributed by atoms with van der Waals surface area (Å²) < 4.78 is 6.11. The summed E-state index contributed by atoms with van der Waals surface area (Å²) in [6, 6.07) is 5.97. The van der Waals surface area contributed by atoms with Crippen LogP contribution >= 0.6 is 0 Å². The molecule has 0 radical (unpaired) electrons. The van der Waals surface area contributed by atoms with Gasteiger partial charge in [-0.1, -0.05) is 19.4 Å². The molecule has 1 fully saturated rings. The lowest BCUT2D eigenvalue weighted by atomic mass is 9.88. The predicted molar refractivity (Wildman–Crippen MR) is 73.9 cm³/mol. The molecule has 100 valence electrons. The van der Waals surface area contributed by atoms with Crippen LogP contribution in [0, 0.1) is 12.8 Å². The molecule has 1 aliphatic rings. The molecule has 2 rings (SSSR count). The van der Waals surface area contributed by atoms with Gasteiger partial charge in [0.15, 0.2) is 0 Å². The van der Waals surface area contributed by atoms with Crippen molar-refractivity contribution >= 4 is 0 Å². The maximum absolute atomic E-state index is 9.55. The SMILES string of the molecule is Cc1cc([C@@H](C)O)ccc1OC1CCCC(C)C1. The van der Waals surface area contributed by atoms with Gasteiger partial charge in [-0.2, -0.15) is 0 Å². The molecule has 18 heavy (non-hydrogen) atoms. The summed E-state index contributed by atoms with van der Waals surface area (Å²) in [7, 11) is 0. The molecule has 2 unspecified atom stereocenters. The van der Waals surface area contributed by atoms with Gasteiger partial charge in [0, 0.05) is 0 Å². The van der Waals surface area contributed by atoms with Crippen molar-refractivity contribution in [1.82, 2.24) is 0 Å². The van der Waals surface area contributed by atoms with Gasteiger partial charge in [0.05, 0.1) is 12.2 Å². The number of benzene rings is 1.